The predicted octanol–water partition coefficient (Wildman–Crippen LogP) is 1.42. The number of methoxy groups -OCH3 is 1. The zero-order valence-corrected chi connectivity index (χ0v) is 14.7. The second kappa shape index (κ2) is 8.15. The average Bonchev–Trinajstić information content (AvgIpc) is 2.59. The molecule has 1 heterocycles. The van der Waals surface area contributed by atoms with Crippen LogP contribution in [0.15, 0.2) is 18.2 Å². The molecule has 1 fully saturated rings. The van der Waals surface area contributed by atoms with Crippen LogP contribution in [0, 0.1) is 6.92 Å². The average molecular weight is 333 g/mol. The molecule has 6 nitrogen and oxygen atoms in total. The fourth-order valence-corrected chi connectivity index (χ4v) is 2.80. The minimum Gasteiger partial charge on any atom is -0.496 e. The number of benzene rings is 1. The van der Waals surface area contributed by atoms with Crippen molar-refractivity contribution in [3.8, 4) is 5.75 Å². The molecule has 1 aliphatic heterocycles. The molecule has 1 aromatic rings. The fourth-order valence-electron chi connectivity index (χ4n) is 2.80. The number of carbonyl (C=O) groups excluding carboxylic acids is 2. The van der Waals surface area contributed by atoms with Gasteiger partial charge in [-0.05, 0) is 38.0 Å². The molecule has 132 valence electrons. The molecule has 1 saturated heterocycles. The Morgan fingerprint density at radius 3 is 2.42 bits per heavy atom. The monoisotopic (exact) mass is 333 g/mol. The Morgan fingerprint density at radius 1 is 1.21 bits per heavy atom. The molecule has 0 bridgehead atoms. The van der Waals surface area contributed by atoms with Crippen LogP contribution in [0.5, 0.6) is 5.75 Å². The number of aryl methyl sites for hydroxylation is 1. The van der Waals surface area contributed by atoms with Crippen LogP contribution in [-0.2, 0) is 4.79 Å². The fraction of sp³-hybridized carbons (Fsp3) is 0.556. The van der Waals surface area contributed by atoms with E-state index in [0.717, 1.165) is 5.56 Å². The first-order valence-electron chi connectivity index (χ1n) is 8.39. The summed E-state index contributed by atoms with van der Waals surface area (Å²) in [5.41, 5.74) is 7.32. The number of carbonyl (C=O) groups is 2. The van der Waals surface area contributed by atoms with Crippen LogP contribution in [0.25, 0.3) is 0 Å². The Bertz CT molecular complexity index is 593. The molecule has 0 saturated carbocycles. The second-order valence-electron chi connectivity index (χ2n) is 6.37. The van der Waals surface area contributed by atoms with Gasteiger partial charge in [-0.15, -0.1) is 0 Å². The molecular weight excluding hydrogens is 306 g/mol. The van der Waals surface area contributed by atoms with Crippen LogP contribution in [-0.4, -0.2) is 60.9 Å². The normalized spacial score (nSPS) is 16.0. The first-order valence-corrected chi connectivity index (χ1v) is 8.39. The molecule has 2 amide bonds. The molecule has 1 unspecified atom stereocenters. The lowest BCUT2D eigenvalue weighted by Gasteiger charge is -2.35. The highest BCUT2D eigenvalue weighted by Gasteiger charge is 2.25. The Hall–Kier alpha value is -2.08. The largest absolute Gasteiger partial charge is 0.496 e. The number of nitrogens with zero attached hydrogens (tertiary/aromatic N) is 2. The SMILES string of the molecule is COc1cc(C(=O)N2CCN(C(=O)CCC(C)N)CC2)ccc1C. The van der Waals surface area contributed by atoms with Gasteiger partial charge in [0.15, 0.2) is 0 Å². The lowest BCUT2D eigenvalue weighted by Crippen LogP contribution is -2.50. The zero-order chi connectivity index (χ0) is 17.7. The maximum absolute atomic E-state index is 12.6. The maximum Gasteiger partial charge on any atom is 0.254 e. The standard InChI is InChI=1S/C18H27N3O3/c1-13-4-6-15(12-16(13)24-3)18(23)21-10-8-20(9-11-21)17(22)7-5-14(2)19/h4,6,12,14H,5,7-11,19H2,1-3H3. The molecule has 2 rings (SSSR count). The van der Waals surface area contributed by atoms with E-state index in [0.29, 0.717) is 50.3 Å². The topological polar surface area (TPSA) is 75.9 Å². The summed E-state index contributed by atoms with van der Waals surface area (Å²) in [7, 11) is 1.60. The van der Waals surface area contributed by atoms with Gasteiger partial charge in [0.1, 0.15) is 5.75 Å². The summed E-state index contributed by atoms with van der Waals surface area (Å²) in [5, 5.41) is 0. The first-order chi connectivity index (χ1) is 11.4. The lowest BCUT2D eigenvalue weighted by atomic mass is 10.1. The molecule has 1 atom stereocenters. The third-order valence-electron chi connectivity index (χ3n) is 4.39. The van der Waals surface area contributed by atoms with Crippen LogP contribution in [0.3, 0.4) is 0 Å². The minimum atomic E-state index is -0.0176. The van der Waals surface area contributed by atoms with E-state index in [4.69, 9.17) is 10.5 Å². The van der Waals surface area contributed by atoms with E-state index in [9.17, 15) is 9.59 Å². The first kappa shape index (κ1) is 18.3. The van der Waals surface area contributed by atoms with Gasteiger partial charge in [0, 0.05) is 44.2 Å². The third kappa shape index (κ3) is 4.47. The van der Waals surface area contributed by atoms with Crippen molar-refractivity contribution in [3.05, 3.63) is 29.3 Å². The molecular formula is C18H27N3O3. The number of hydrogen-bond donors (Lipinski definition) is 1. The van der Waals surface area contributed by atoms with Crippen molar-refractivity contribution in [2.75, 3.05) is 33.3 Å². The van der Waals surface area contributed by atoms with E-state index in [1.165, 1.54) is 0 Å². The van der Waals surface area contributed by atoms with E-state index in [-0.39, 0.29) is 17.9 Å². The van der Waals surface area contributed by atoms with E-state index in [2.05, 4.69) is 0 Å². The number of rotatable bonds is 5. The van der Waals surface area contributed by atoms with Crippen molar-refractivity contribution in [2.45, 2.75) is 32.7 Å². The quantitative estimate of drug-likeness (QED) is 0.884. The number of ether oxygens (including phenoxy) is 1. The summed E-state index contributed by atoms with van der Waals surface area (Å²) < 4.78 is 5.28. The Kier molecular flexibility index (Phi) is 6.20. The van der Waals surface area contributed by atoms with Gasteiger partial charge in [0.25, 0.3) is 5.91 Å². The molecule has 0 aliphatic carbocycles. The highest BCUT2D eigenvalue weighted by Crippen LogP contribution is 2.20. The minimum absolute atomic E-state index is 0.0176. The van der Waals surface area contributed by atoms with Gasteiger partial charge in [-0.2, -0.15) is 0 Å². The summed E-state index contributed by atoms with van der Waals surface area (Å²) in [6, 6.07) is 5.52. The maximum atomic E-state index is 12.6. The molecule has 0 aromatic heterocycles. The molecule has 6 heteroatoms. The summed E-state index contributed by atoms with van der Waals surface area (Å²) in [5.74, 6) is 0.818. The van der Waals surface area contributed by atoms with Gasteiger partial charge in [0.2, 0.25) is 5.91 Å². The summed E-state index contributed by atoms with van der Waals surface area (Å²) in [6.07, 6.45) is 1.17. The smallest absolute Gasteiger partial charge is 0.254 e. The highest BCUT2D eigenvalue weighted by atomic mass is 16.5. The van der Waals surface area contributed by atoms with Crippen molar-refractivity contribution in [1.82, 2.24) is 9.80 Å². The van der Waals surface area contributed by atoms with Crippen molar-refractivity contribution in [2.24, 2.45) is 5.73 Å². The Morgan fingerprint density at radius 2 is 1.83 bits per heavy atom. The number of piperazine rings is 1. The van der Waals surface area contributed by atoms with Gasteiger partial charge >= 0.3 is 0 Å². The highest BCUT2D eigenvalue weighted by molar-refractivity contribution is 5.95. The molecule has 0 radical (unpaired) electrons. The van der Waals surface area contributed by atoms with E-state index in [1.54, 1.807) is 18.1 Å². The predicted molar refractivity (Wildman–Crippen MR) is 93.1 cm³/mol. The van der Waals surface area contributed by atoms with Crippen molar-refractivity contribution in [1.29, 1.82) is 0 Å². The van der Waals surface area contributed by atoms with Gasteiger partial charge in [-0.3, -0.25) is 9.59 Å². The number of nitrogens with two attached hydrogens (primary N) is 1. The molecule has 2 N–H and O–H groups in total. The van der Waals surface area contributed by atoms with Crippen LogP contribution in [0.1, 0.15) is 35.7 Å². The second-order valence-corrected chi connectivity index (χ2v) is 6.37. The van der Waals surface area contributed by atoms with Crippen LogP contribution < -0.4 is 10.5 Å². The summed E-state index contributed by atoms with van der Waals surface area (Å²) in [6.45, 7) is 6.11. The van der Waals surface area contributed by atoms with Gasteiger partial charge in [-0.1, -0.05) is 6.07 Å². The van der Waals surface area contributed by atoms with Crippen molar-refractivity contribution >= 4 is 11.8 Å². The Balaban J connectivity index is 1.92. The van der Waals surface area contributed by atoms with E-state index >= 15 is 0 Å². The zero-order valence-electron chi connectivity index (χ0n) is 14.7. The number of hydrogen-bond acceptors (Lipinski definition) is 4. The van der Waals surface area contributed by atoms with Crippen LogP contribution in [0.2, 0.25) is 0 Å². The molecule has 1 aliphatic rings. The molecule has 1 aromatic carbocycles. The van der Waals surface area contributed by atoms with Crippen molar-refractivity contribution < 1.29 is 14.3 Å². The van der Waals surface area contributed by atoms with Gasteiger partial charge in [-0.25, -0.2) is 0 Å². The molecule has 0 spiro atoms. The van der Waals surface area contributed by atoms with Crippen LogP contribution >= 0.6 is 0 Å². The van der Waals surface area contributed by atoms with Gasteiger partial charge < -0.3 is 20.3 Å². The van der Waals surface area contributed by atoms with E-state index < -0.39 is 0 Å². The summed E-state index contributed by atoms with van der Waals surface area (Å²) >= 11 is 0. The van der Waals surface area contributed by atoms with Crippen LogP contribution in [0.4, 0.5) is 0 Å². The lowest BCUT2D eigenvalue weighted by molar-refractivity contribution is -0.132. The number of amides is 2. The summed E-state index contributed by atoms with van der Waals surface area (Å²) in [4.78, 5) is 28.4. The van der Waals surface area contributed by atoms with E-state index in [1.807, 2.05) is 30.9 Å². The van der Waals surface area contributed by atoms with Crippen molar-refractivity contribution in [3.63, 3.8) is 0 Å². The van der Waals surface area contributed by atoms with Gasteiger partial charge in [0.05, 0.1) is 7.11 Å². The molecule has 24 heavy (non-hydrogen) atoms. The Labute approximate surface area is 143 Å². The third-order valence-corrected chi connectivity index (χ3v) is 4.39.